The van der Waals surface area contributed by atoms with Gasteiger partial charge in [0.05, 0.1) is 5.56 Å². The number of anilines is 1. The number of nitrogens with zero attached hydrogens (tertiary/aromatic N) is 1. The Morgan fingerprint density at radius 2 is 1.93 bits per heavy atom. The van der Waals surface area contributed by atoms with Crippen molar-refractivity contribution in [3.05, 3.63) is 53.1 Å². The number of hydrogen-bond donors (Lipinski definition) is 1. The van der Waals surface area contributed by atoms with Crippen LogP contribution in [0.1, 0.15) is 41.9 Å². The first-order valence-electron chi connectivity index (χ1n) is 9.85. The summed E-state index contributed by atoms with van der Waals surface area (Å²) in [4.78, 5) is 2.56. The molecule has 5 rings (SSSR count). The monoisotopic (exact) mass is 372 g/mol. The van der Waals surface area contributed by atoms with Gasteiger partial charge in [0.15, 0.2) is 0 Å². The molecule has 0 aliphatic carbocycles. The molecule has 2 nitrogen and oxygen atoms in total. The van der Waals surface area contributed by atoms with Gasteiger partial charge in [0, 0.05) is 30.7 Å². The molecule has 0 aromatic heterocycles. The lowest BCUT2D eigenvalue weighted by Gasteiger charge is -2.33. The van der Waals surface area contributed by atoms with E-state index in [2.05, 4.69) is 10.2 Å². The third-order valence-corrected chi connectivity index (χ3v) is 6.39. The van der Waals surface area contributed by atoms with Crippen LogP contribution >= 0.6 is 0 Å². The molecule has 2 aromatic carbocycles. The Balaban J connectivity index is 1.70. The van der Waals surface area contributed by atoms with Gasteiger partial charge in [0.1, 0.15) is 0 Å². The number of piperidine rings is 1. The highest BCUT2D eigenvalue weighted by Crippen LogP contribution is 2.49. The molecular formula is C22H23F3N2. The fraction of sp³-hybridized carbons (Fsp3) is 0.455. The van der Waals surface area contributed by atoms with E-state index in [0.717, 1.165) is 45.3 Å². The van der Waals surface area contributed by atoms with Gasteiger partial charge in [-0.25, -0.2) is 0 Å². The van der Waals surface area contributed by atoms with Crippen LogP contribution in [0, 0.1) is 0 Å². The van der Waals surface area contributed by atoms with Crippen molar-refractivity contribution < 1.29 is 13.2 Å². The summed E-state index contributed by atoms with van der Waals surface area (Å²) >= 11 is 0. The highest BCUT2D eigenvalue weighted by Gasteiger charge is 2.42. The van der Waals surface area contributed by atoms with Crippen LogP contribution in [0.3, 0.4) is 0 Å². The van der Waals surface area contributed by atoms with Crippen molar-refractivity contribution in [1.29, 1.82) is 0 Å². The number of nitrogens with one attached hydrogen (secondary N) is 1. The third-order valence-electron chi connectivity index (χ3n) is 6.39. The van der Waals surface area contributed by atoms with E-state index in [4.69, 9.17) is 0 Å². The van der Waals surface area contributed by atoms with E-state index in [1.165, 1.54) is 28.9 Å². The summed E-state index contributed by atoms with van der Waals surface area (Å²) < 4.78 is 40.7. The van der Waals surface area contributed by atoms with Gasteiger partial charge in [0.25, 0.3) is 0 Å². The van der Waals surface area contributed by atoms with E-state index in [1.54, 1.807) is 12.1 Å². The molecule has 3 heterocycles. The van der Waals surface area contributed by atoms with Crippen molar-refractivity contribution in [2.45, 2.75) is 43.8 Å². The van der Waals surface area contributed by atoms with Gasteiger partial charge < -0.3 is 10.2 Å². The zero-order chi connectivity index (χ0) is 18.6. The summed E-state index contributed by atoms with van der Waals surface area (Å²) in [5.41, 5.74) is 4.26. The first kappa shape index (κ1) is 17.1. The Kier molecular flexibility index (Phi) is 3.97. The highest BCUT2D eigenvalue weighted by atomic mass is 19.4. The van der Waals surface area contributed by atoms with Crippen LogP contribution in [0.4, 0.5) is 18.9 Å². The van der Waals surface area contributed by atoms with E-state index in [9.17, 15) is 13.2 Å². The Hall–Kier alpha value is -2.01. The number of aryl methyl sites for hydroxylation is 1. The van der Waals surface area contributed by atoms with E-state index >= 15 is 0 Å². The second kappa shape index (κ2) is 6.26. The molecule has 2 aromatic rings. The minimum absolute atomic E-state index is 0.298. The molecule has 3 aliphatic heterocycles. The summed E-state index contributed by atoms with van der Waals surface area (Å²) in [5, 5.41) is 3.49. The molecule has 0 radical (unpaired) electrons. The van der Waals surface area contributed by atoms with E-state index in [1.807, 2.05) is 12.1 Å². The Bertz CT molecular complexity index is 874. The van der Waals surface area contributed by atoms with Crippen molar-refractivity contribution in [3.63, 3.8) is 0 Å². The van der Waals surface area contributed by atoms with E-state index < -0.39 is 11.7 Å². The second-order valence-corrected chi connectivity index (χ2v) is 7.93. The zero-order valence-electron chi connectivity index (χ0n) is 15.1. The van der Waals surface area contributed by atoms with Crippen LogP contribution in [-0.4, -0.2) is 25.7 Å². The highest BCUT2D eigenvalue weighted by molar-refractivity contribution is 5.77. The molecule has 0 amide bonds. The van der Waals surface area contributed by atoms with Gasteiger partial charge in [-0.3, -0.25) is 0 Å². The van der Waals surface area contributed by atoms with Crippen LogP contribution in [0.15, 0.2) is 36.4 Å². The molecule has 1 fully saturated rings. The molecular weight excluding hydrogens is 349 g/mol. The summed E-state index contributed by atoms with van der Waals surface area (Å²) in [6.45, 7) is 3.00. The van der Waals surface area contributed by atoms with Gasteiger partial charge in [0.2, 0.25) is 0 Å². The SMILES string of the molecule is FC(F)(F)c1ccccc1-c1cc2c3c(c1)[C@@H]1CNCC[C@@H]1N3CCCC2. The fourth-order valence-electron chi connectivity index (χ4n) is 5.26. The van der Waals surface area contributed by atoms with Gasteiger partial charge in [-0.15, -0.1) is 0 Å². The molecule has 0 unspecified atom stereocenters. The van der Waals surface area contributed by atoms with E-state index in [0.29, 0.717) is 23.1 Å². The number of benzene rings is 2. The smallest absolute Gasteiger partial charge is 0.367 e. The summed E-state index contributed by atoms with van der Waals surface area (Å²) in [5.74, 6) is 0.378. The van der Waals surface area contributed by atoms with Crippen LogP contribution in [0.5, 0.6) is 0 Å². The van der Waals surface area contributed by atoms with Gasteiger partial charge in [-0.2, -0.15) is 13.2 Å². The number of alkyl halides is 3. The molecule has 0 spiro atoms. The first-order valence-corrected chi connectivity index (χ1v) is 9.85. The molecule has 1 N–H and O–H groups in total. The first-order chi connectivity index (χ1) is 13.0. The van der Waals surface area contributed by atoms with Crippen LogP contribution < -0.4 is 10.2 Å². The topological polar surface area (TPSA) is 15.3 Å². The minimum atomic E-state index is -4.34. The molecule has 142 valence electrons. The Labute approximate surface area is 157 Å². The summed E-state index contributed by atoms with van der Waals surface area (Å²) in [6.07, 6.45) is -0.0339. The standard InChI is InChI=1S/C22H23F3N2/c23-22(24,25)19-7-2-1-6-16(19)15-11-14-5-3-4-10-27-20-8-9-26-13-18(20)17(12-15)21(14)27/h1-2,6-7,11-12,18,20,26H,3-5,8-10,13H2/t18-,20-/m0/s1. The largest absolute Gasteiger partial charge is 0.417 e. The van der Waals surface area contributed by atoms with Crippen molar-refractivity contribution in [2.24, 2.45) is 0 Å². The normalized spacial score (nSPS) is 24.3. The molecule has 0 bridgehead atoms. The lowest BCUT2D eigenvalue weighted by molar-refractivity contribution is -0.137. The average Bonchev–Trinajstić information content (AvgIpc) is 2.83. The molecule has 0 saturated carbocycles. The predicted octanol–water partition coefficient (Wildman–Crippen LogP) is 4.97. The quantitative estimate of drug-likeness (QED) is 0.760. The maximum Gasteiger partial charge on any atom is 0.417 e. The molecule has 2 atom stereocenters. The summed E-state index contributed by atoms with van der Waals surface area (Å²) in [6, 6.07) is 10.5. The number of hydrogen-bond acceptors (Lipinski definition) is 2. The van der Waals surface area contributed by atoms with Crippen molar-refractivity contribution in [3.8, 4) is 11.1 Å². The van der Waals surface area contributed by atoms with Gasteiger partial charge >= 0.3 is 6.18 Å². The van der Waals surface area contributed by atoms with Crippen molar-refractivity contribution in [2.75, 3.05) is 24.5 Å². The molecule has 27 heavy (non-hydrogen) atoms. The molecule has 1 saturated heterocycles. The third kappa shape index (κ3) is 2.75. The number of fused-ring (bicyclic) bond motifs is 3. The van der Waals surface area contributed by atoms with Crippen LogP contribution in [-0.2, 0) is 12.6 Å². The maximum atomic E-state index is 13.6. The van der Waals surface area contributed by atoms with Gasteiger partial charge in [-0.05, 0) is 72.7 Å². The lowest BCUT2D eigenvalue weighted by atomic mass is 9.86. The predicted molar refractivity (Wildman–Crippen MR) is 101 cm³/mol. The van der Waals surface area contributed by atoms with Crippen LogP contribution in [0.2, 0.25) is 0 Å². The maximum absolute atomic E-state index is 13.6. The fourth-order valence-corrected chi connectivity index (χ4v) is 5.26. The second-order valence-electron chi connectivity index (χ2n) is 7.93. The molecule has 5 heteroatoms. The van der Waals surface area contributed by atoms with E-state index in [-0.39, 0.29) is 0 Å². The minimum Gasteiger partial charge on any atom is -0.367 e. The van der Waals surface area contributed by atoms with Crippen molar-refractivity contribution in [1.82, 2.24) is 5.32 Å². The van der Waals surface area contributed by atoms with Gasteiger partial charge in [-0.1, -0.05) is 18.2 Å². The number of rotatable bonds is 1. The lowest BCUT2D eigenvalue weighted by Crippen LogP contribution is -2.44. The number of halogens is 3. The average molecular weight is 372 g/mol. The zero-order valence-corrected chi connectivity index (χ0v) is 15.1. The van der Waals surface area contributed by atoms with Crippen LogP contribution in [0.25, 0.3) is 11.1 Å². The summed E-state index contributed by atoms with van der Waals surface area (Å²) in [7, 11) is 0. The molecule has 3 aliphatic rings. The van der Waals surface area contributed by atoms with Crippen molar-refractivity contribution >= 4 is 5.69 Å². The Morgan fingerprint density at radius 3 is 2.78 bits per heavy atom. The Morgan fingerprint density at radius 1 is 1.07 bits per heavy atom.